The average molecular weight is 406 g/mol. The Morgan fingerprint density at radius 2 is 1.63 bits per heavy atom. The summed E-state index contributed by atoms with van der Waals surface area (Å²) in [5, 5.41) is 6.42. The second kappa shape index (κ2) is 6.83. The fourth-order valence-corrected chi connectivity index (χ4v) is 3.52. The highest BCUT2D eigenvalue weighted by molar-refractivity contribution is 7.12. The second-order valence-corrected chi connectivity index (χ2v) is 6.99. The van der Waals surface area contributed by atoms with Crippen LogP contribution < -0.4 is 0 Å². The number of aromatic nitrogens is 3. The molecule has 0 amide bonds. The molecule has 0 saturated carbocycles. The lowest BCUT2D eigenvalue weighted by Crippen LogP contribution is -2.07. The zero-order valence-corrected chi connectivity index (χ0v) is 15.2. The summed E-state index contributed by atoms with van der Waals surface area (Å²) in [6.45, 7) is 0. The van der Waals surface area contributed by atoms with E-state index < -0.39 is 11.9 Å². The third-order valence-electron chi connectivity index (χ3n) is 3.88. The molecule has 0 fully saturated rings. The van der Waals surface area contributed by atoms with Gasteiger partial charge in [0.1, 0.15) is 0 Å². The molecule has 2 aromatic carbocycles. The normalized spacial score (nSPS) is 11.7. The van der Waals surface area contributed by atoms with Gasteiger partial charge in [0.2, 0.25) is 5.13 Å². The van der Waals surface area contributed by atoms with Crippen LogP contribution in [0.3, 0.4) is 0 Å². The van der Waals surface area contributed by atoms with Gasteiger partial charge >= 0.3 is 6.18 Å². The van der Waals surface area contributed by atoms with Crippen molar-refractivity contribution in [1.82, 2.24) is 14.8 Å². The molecule has 0 aliphatic rings. The molecule has 0 unspecified atom stereocenters. The highest BCUT2D eigenvalue weighted by Gasteiger charge is 2.35. The molecule has 0 N–H and O–H groups in total. The molecule has 8 heteroatoms. The topological polar surface area (TPSA) is 30.7 Å². The summed E-state index contributed by atoms with van der Waals surface area (Å²) in [7, 11) is 0. The Balaban J connectivity index is 1.83. The van der Waals surface area contributed by atoms with Gasteiger partial charge < -0.3 is 0 Å². The van der Waals surface area contributed by atoms with E-state index in [9.17, 15) is 13.2 Å². The van der Waals surface area contributed by atoms with Crippen molar-refractivity contribution in [1.29, 1.82) is 0 Å². The summed E-state index contributed by atoms with van der Waals surface area (Å²) in [5.74, 6) is 0. The van der Waals surface area contributed by atoms with Gasteiger partial charge in [-0.3, -0.25) is 0 Å². The first kappa shape index (κ1) is 17.8. The van der Waals surface area contributed by atoms with Crippen molar-refractivity contribution < 1.29 is 13.2 Å². The van der Waals surface area contributed by atoms with Gasteiger partial charge in [0, 0.05) is 21.5 Å². The van der Waals surface area contributed by atoms with Crippen LogP contribution in [0.5, 0.6) is 0 Å². The highest BCUT2D eigenvalue weighted by Crippen LogP contribution is 2.34. The number of hydrogen-bond donors (Lipinski definition) is 0. The predicted octanol–water partition coefficient (Wildman–Crippen LogP) is 6.34. The molecule has 2 heterocycles. The van der Waals surface area contributed by atoms with Crippen LogP contribution in [0.25, 0.3) is 27.6 Å². The SMILES string of the molecule is FC(F)(F)c1cc(-c2ccc(Cl)cc2)n(-c2nc(-c3ccccc3)cs2)n1. The molecule has 0 saturated heterocycles. The number of benzene rings is 2. The number of rotatable bonds is 3. The van der Waals surface area contributed by atoms with Gasteiger partial charge in [-0.05, 0) is 18.2 Å². The van der Waals surface area contributed by atoms with Crippen LogP contribution in [-0.2, 0) is 6.18 Å². The first-order chi connectivity index (χ1) is 12.9. The maximum Gasteiger partial charge on any atom is 0.435 e. The van der Waals surface area contributed by atoms with Crippen molar-refractivity contribution in [3.63, 3.8) is 0 Å². The van der Waals surface area contributed by atoms with Crippen LogP contribution in [0.2, 0.25) is 5.02 Å². The molecule has 4 rings (SSSR count). The van der Waals surface area contributed by atoms with Crippen LogP contribution in [0.4, 0.5) is 13.2 Å². The van der Waals surface area contributed by atoms with E-state index in [1.165, 1.54) is 16.0 Å². The fourth-order valence-electron chi connectivity index (χ4n) is 2.59. The molecule has 3 nitrogen and oxygen atoms in total. The van der Waals surface area contributed by atoms with E-state index in [1.807, 2.05) is 30.3 Å². The zero-order valence-electron chi connectivity index (χ0n) is 13.6. The largest absolute Gasteiger partial charge is 0.435 e. The lowest BCUT2D eigenvalue weighted by Gasteiger charge is -2.04. The Bertz CT molecular complexity index is 1070. The van der Waals surface area contributed by atoms with E-state index in [1.54, 1.807) is 29.6 Å². The summed E-state index contributed by atoms with van der Waals surface area (Å²) >= 11 is 7.12. The van der Waals surface area contributed by atoms with Gasteiger partial charge in [-0.1, -0.05) is 54.1 Å². The maximum atomic E-state index is 13.2. The first-order valence-corrected chi connectivity index (χ1v) is 9.12. The van der Waals surface area contributed by atoms with Crippen LogP contribution in [0.1, 0.15) is 5.69 Å². The molecule has 0 bridgehead atoms. The third kappa shape index (κ3) is 3.61. The second-order valence-electron chi connectivity index (χ2n) is 5.71. The lowest BCUT2D eigenvalue weighted by molar-refractivity contribution is -0.141. The molecule has 0 spiro atoms. The summed E-state index contributed by atoms with van der Waals surface area (Å²) in [6.07, 6.45) is -4.55. The van der Waals surface area contributed by atoms with Crippen LogP contribution >= 0.6 is 22.9 Å². The van der Waals surface area contributed by atoms with E-state index >= 15 is 0 Å². The van der Waals surface area contributed by atoms with Gasteiger partial charge in [0.15, 0.2) is 5.69 Å². The molecular formula is C19H11ClF3N3S. The number of nitrogens with zero attached hydrogens (tertiary/aromatic N) is 3. The zero-order chi connectivity index (χ0) is 19.0. The van der Waals surface area contributed by atoms with E-state index in [4.69, 9.17) is 11.6 Å². The number of hydrogen-bond acceptors (Lipinski definition) is 3. The molecule has 0 radical (unpaired) electrons. The molecule has 2 aromatic heterocycles. The minimum absolute atomic E-state index is 0.299. The first-order valence-electron chi connectivity index (χ1n) is 7.86. The predicted molar refractivity (Wildman–Crippen MR) is 100 cm³/mol. The van der Waals surface area contributed by atoms with Crippen LogP contribution in [0, 0.1) is 0 Å². The molecule has 136 valence electrons. The van der Waals surface area contributed by atoms with E-state index in [0.717, 1.165) is 11.6 Å². The fraction of sp³-hybridized carbons (Fsp3) is 0.0526. The smallest absolute Gasteiger partial charge is 0.218 e. The van der Waals surface area contributed by atoms with E-state index in [0.29, 0.717) is 27.1 Å². The minimum atomic E-state index is -4.55. The lowest BCUT2D eigenvalue weighted by atomic mass is 10.1. The van der Waals surface area contributed by atoms with Gasteiger partial charge in [0.25, 0.3) is 0 Å². The van der Waals surface area contributed by atoms with Crippen LogP contribution in [0.15, 0.2) is 66.0 Å². The van der Waals surface area contributed by atoms with Gasteiger partial charge in [0.05, 0.1) is 11.4 Å². The molecule has 0 aliphatic heterocycles. The van der Waals surface area contributed by atoms with Crippen molar-refractivity contribution in [2.45, 2.75) is 6.18 Å². The minimum Gasteiger partial charge on any atom is -0.218 e. The summed E-state index contributed by atoms with van der Waals surface area (Å²) in [6, 6.07) is 17.0. The molecule has 4 aromatic rings. The molecule has 0 atom stereocenters. The Hall–Kier alpha value is -2.64. The van der Waals surface area contributed by atoms with Gasteiger partial charge in [-0.2, -0.15) is 18.3 Å². The summed E-state index contributed by atoms with van der Waals surface area (Å²) < 4.78 is 40.9. The standard InChI is InChI=1S/C19H11ClF3N3S/c20-14-8-6-13(7-9-14)16-10-17(19(21,22)23)25-26(16)18-24-15(11-27-18)12-4-2-1-3-5-12/h1-11H. The Labute approximate surface area is 161 Å². The van der Waals surface area contributed by atoms with Crippen molar-refractivity contribution in [2.24, 2.45) is 0 Å². The summed E-state index contributed by atoms with van der Waals surface area (Å²) in [4.78, 5) is 4.48. The number of halogens is 4. The van der Waals surface area contributed by atoms with Gasteiger partial charge in [-0.25, -0.2) is 9.67 Å². The molecule has 0 aliphatic carbocycles. The molecular weight excluding hydrogens is 395 g/mol. The average Bonchev–Trinajstić information content (AvgIpc) is 3.30. The number of alkyl halides is 3. The maximum absolute atomic E-state index is 13.2. The van der Waals surface area contributed by atoms with Crippen molar-refractivity contribution in [3.05, 3.63) is 76.8 Å². The Kier molecular flexibility index (Phi) is 4.49. The summed E-state index contributed by atoms with van der Waals surface area (Å²) in [5.41, 5.74) is 1.47. The van der Waals surface area contributed by atoms with E-state index in [2.05, 4.69) is 10.1 Å². The highest BCUT2D eigenvalue weighted by atomic mass is 35.5. The van der Waals surface area contributed by atoms with Crippen molar-refractivity contribution in [3.8, 4) is 27.6 Å². The quantitative estimate of drug-likeness (QED) is 0.398. The number of thiazole rings is 1. The van der Waals surface area contributed by atoms with Crippen molar-refractivity contribution >= 4 is 22.9 Å². The molecule has 27 heavy (non-hydrogen) atoms. The Morgan fingerprint density at radius 1 is 0.926 bits per heavy atom. The monoisotopic (exact) mass is 405 g/mol. The Morgan fingerprint density at radius 3 is 2.30 bits per heavy atom. The van der Waals surface area contributed by atoms with E-state index in [-0.39, 0.29) is 0 Å². The third-order valence-corrected chi connectivity index (χ3v) is 4.95. The van der Waals surface area contributed by atoms with Crippen LogP contribution in [-0.4, -0.2) is 14.8 Å². The van der Waals surface area contributed by atoms with Crippen molar-refractivity contribution in [2.75, 3.05) is 0 Å². The van der Waals surface area contributed by atoms with Gasteiger partial charge in [-0.15, -0.1) is 11.3 Å².